The van der Waals surface area contributed by atoms with Gasteiger partial charge in [0.2, 0.25) is 0 Å². The Bertz CT molecular complexity index is 1240. The number of aliphatic carboxylic acids is 1. The normalized spacial score (nSPS) is 21.2. The topological polar surface area (TPSA) is 93.1 Å². The molecule has 268 valence electrons. The van der Waals surface area contributed by atoms with Gasteiger partial charge in [0.15, 0.2) is 8.32 Å². The summed E-state index contributed by atoms with van der Waals surface area (Å²) in [5.74, 6) is -0.588. The molecule has 7 heteroatoms. The minimum atomic E-state index is -2.00. The first-order chi connectivity index (χ1) is 22.7. The summed E-state index contributed by atoms with van der Waals surface area (Å²) in [7, 11) is -2.00. The van der Waals surface area contributed by atoms with Crippen LogP contribution in [0.25, 0.3) is 11.1 Å². The van der Waals surface area contributed by atoms with Crippen molar-refractivity contribution in [1.29, 1.82) is 0 Å². The zero-order chi connectivity index (χ0) is 35.3. The molecule has 0 amide bonds. The number of esters is 1. The van der Waals surface area contributed by atoms with Gasteiger partial charge in [-0.2, -0.15) is 0 Å². The molecule has 0 saturated heterocycles. The molecular formula is C41H64O6Si. The molecule has 0 radical (unpaired) electrons. The predicted octanol–water partition coefficient (Wildman–Crippen LogP) is 10.7. The van der Waals surface area contributed by atoms with Crippen LogP contribution in [0.3, 0.4) is 0 Å². The molecule has 3 unspecified atom stereocenters. The van der Waals surface area contributed by atoms with Gasteiger partial charge in [-0.3, -0.25) is 4.79 Å². The van der Waals surface area contributed by atoms with Crippen LogP contribution in [0.15, 0.2) is 54.6 Å². The lowest BCUT2D eigenvalue weighted by atomic mass is 9.83. The van der Waals surface area contributed by atoms with E-state index in [0.29, 0.717) is 24.3 Å². The molecule has 2 aromatic rings. The monoisotopic (exact) mass is 680 g/mol. The molecule has 6 nitrogen and oxygen atoms in total. The van der Waals surface area contributed by atoms with Crippen molar-refractivity contribution in [1.82, 2.24) is 0 Å². The van der Waals surface area contributed by atoms with Crippen LogP contribution in [-0.4, -0.2) is 48.8 Å². The highest BCUT2D eigenvalue weighted by atomic mass is 28.4. The van der Waals surface area contributed by atoms with Crippen LogP contribution in [0.1, 0.15) is 128 Å². The van der Waals surface area contributed by atoms with Crippen LogP contribution >= 0.6 is 0 Å². The Labute approximate surface area is 292 Å². The smallest absolute Gasteiger partial charge is 0.338 e. The van der Waals surface area contributed by atoms with E-state index in [0.717, 1.165) is 56.1 Å². The van der Waals surface area contributed by atoms with Crippen molar-refractivity contribution in [2.45, 2.75) is 155 Å². The summed E-state index contributed by atoms with van der Waals surface area (Å²) in [5, 5.41) is 20.6. The highest BCUT2D eigenvalue weighted by molar-refractivity contribution is 6.74. The number of benzene rings is 2. The average molecular weight is 681 g/mol. The standard InChI is InChI=1S/C41H64O6Si/c1-8-9-13-18-30(2)37(47-48(6,7)41(3,4)5)28-27-34-35(21-16-10-11-17-22-39(43)44)38(29-36(34)42)46-40(45)33-25-23-32(24-26-33)31-19-14-12-15-20-31/h12,14-15,19-20,23-26,30,34-38,42H,8-11,13,16-18,21-22,27-29H2,1-7H3,(H,43,44)/t30?,34-,35-,36?,37?,38+/m1/s1. The molecule has 6 atom stereocenters. The van der Waals surface area contributed by atoms with E-state index in [4.69, 9.17) is 14.3 Å². The Hall–Kier alpha value is -2.48. The molecule has 1 saturated carbocycles. The second-order valence-electron chi connectivity index (χ2n) is 15.8. The lowest BCUT2D eigenvalue weighted by Crippen LogP contribution is -2.45. The Morgan fingerprint density at radius 3 is 2.12 bits per heavy atom. The molecule has 0 bridgehead atoms. The van der Waals surface area contributed by atoms with Crippen molar-refractivity contribution >= 4 is 20.3 Å². The molecule has 48 heavy (non-hydrogen) atoms. The molecule has 0 aromatic heterocycles. The number of carboxylic acids is 1. The first kappa shape index (κ1) is 40.0. The van der Waals surface area contributed by atoms with E-state index in [2.05, 4.69) is 47.7 Å². The molecule has 1 aliphatic rings. The summed E-state index contributed by atoms with van der Waals surface area (Å²) >= 11 is 0. The van der Waals surface area contributed by atoms with Gasteiger partial charge in [0.05, 0.1) is 11.7 Å². The third kappa shape index (κ3) is 12.1. The molecule has 0 spiro atoms. The number of unbranched alkanes of at least 4 members (excludes halogenated alkanes) is 5. The van der Waals surface area contributed by atoms with Crippen molar-refractivity contribution in [3.8, 4) is 11.1 Å². The molecular weight excluding hydrogens is 617 g/mol. The summed E-state index contributed by atoms with van der Waals surface area (Å²) < 4.78 is 13.3. The van der Waals surface area contributed by atoms with E-state index in [1.807, 2.05) is 54.6 Å². The van der Waals surface area contributed by atoms with E-state index in [9.17, 15) is 14.7 Å². The van der Waals surface area contributed by atoms with Crippen LogP contribution in [-0.2, 0) is 14.0 Å². The van der Waals surface area contributed by atoms with Gasteiger partial charge in [-0.05, 0) is 85.3 Å². The largest absolute Gasteiger partial charge is 0.481 e. The van der Waals surface area contributed by atoms with Crippen LogP contribution in [0.4, 0.5) is 0 Å². The van der Waals surface area contributed by atoms with Gasteiger partial charge in [0, 0.05) is 24.9 Å². The van der Waals surface area contributed by atoms with Gasteiger partial charge < -0.3 is 19.4 Å². The van der Waals surface area contributed by atoms with Gasteiger partial charge in [-0.25, -0.2) is 4.79 Å². The van der Waals surface area contributed by atoms with E-state index in [-0.39, 0.29) is 41.5 Å². The quantitative estimate of drug-likeness (QED) is 0.0821. The summed E-state index contributed by atoms with van der Waals surface area (Å²) in [5.41, 5.74) is 2.66. The highest BCUT2D eigenvalue weighted by Crippen LogP contribution is 2.43. The van der Waals surface area contributed by atoms with Crippen LogP contribution in [0.5, 0.6) is 0 Å². The fraction of sp³-hybridized carbons (Fsp3) is 0.659. The maximum Gasteiger partial charge on any atom is 0.338 e. The first-order valence-corrected chi connectivity index (χ1v) is 21.6. The lowest BCUT2D eigenvalue weighted by Gasteiger charge is -2.41. The van der Waals surface area contributed by atoms with E-state index < -0.39 is 20.4 Å². The molecule has 1 fully saturated rings. The average Bonchev–Trinajstić information content (AvgIpc) is 3.33. The second kappa shape index (κ2) is 19.1. The number of rotatable bonds is 20. The number of aliphatic hydroxyl groups is 1. The predicted molar refractivity (Wildman–Crippen MR) is 199 cm³/mol. The maximum atomic E-state index is 13.4. The number of carboxylic acid groups (broad SMARTS) is 1. The summed E-state index contributed by atoms with van der Waals surface area (Å²) in [6.07, 6.45) is 10.6. The summed E-state index contributed by atoms with van der Waals surface area (Å²) in [4.78, 5) is 24.4. The number of carbonyl (C=O) groups excluding carboxylic acids is 1. The Morgan fingerprint density at radius 1 is 0.854 bits per heavy atom. The van der Waals surface area contributed by atoms with Gasteiger partial charge in [-0.15, -0.1) is 0 Å². The first-order valence-electron chi connectivity index (χ1n) is 18.7. The van der Waals surface area contributed by atoms with Crippen molar-refractivity contribution < 1.29 is 29.0 Å². The van der Waals surface area contributed by atoms with Crippen LogP contribution in [0.2, 0.25) is 18.1 Å². The second-order valence-corrected chi connectivity index (χ2v) is 20.6. The molecule has 2 aromatic carbocycles. The maximum absolute atomic E-state index is 13.4. The van der Waals surface area contributed by atoms with Gasteiger partial charge in [-0.1, -0.05) is 116 Å². The molecule has 0 heterocycles. The number of aliphatic hydroxyl groups excluding tert-OH is 1. The zero-order valence-corrected chi connectivity index (χ0v) is 31.9. The SMILES string of the molecule is CCCCCC(C)C(CC[C@H]1C(O)C[C@H](OC(=O)c2ccc(-c3ccccc3)cc2)[C@@H]1CCCCCCC(=O)O)O[Si](C)(C)C(C)(C)C. The van der Waals surface area contributed by atoms with Crippen LogP contribution < -0.4 is 0 Å². The minimum absolute atomic E-state index is 0.0237. The van der Waals surface area contributed by atoms with Crippen molar-refractivity contribution in [3.63, 3.8) is 0 Å². The molecule has 3 rings (SSSR count). The van der Waals surface area contributed by atoms with Crippen molar-refractivity contribution in [2.75, 3.05) is 0 Å². The summed E-state index contributed by atoms with van der Waals surface area (Å²) in [6.45, 7) is 16.1. The molecule has 1 aliphatic carbocycles. The fourth-order valence-electron chi connectivity index (χ4n) is 7.01. The number of carbonyl (C=O) groups is 2. The molecule has 0 aliphatic heterocycles. The third-order valence-corrected chi connectivity index (χ3v) is 15.6. The van der Waals surface area contributed by atoms with E-state index >= 15 is 0 Å². The minimum Gasteiger partial charge on any atom is -0.481 e. The number of hydrogen-bond acceptors (Lipinski definition) is 5. The van der Waals surface area contributed by atoms with Crippen molar-refractivity contribution in [2.24, 2.45) is 17.8 Å². The third-order valence-electron chi connectivity index (χ3n) is 11.1. The van der Waals surface area contributed by atoms with E-state index in [1.165, 1.54) is 19.3 Å². The summed E-state index contributed by atoms with van der Waals surface area (Å²) in [6, 6.07) is 17.7. The Balaban J connectivity index is 1.74. The number of hydrogen-bond donors (Lipinski definition) is 2. The van der Waals surface area contributed by atoms with Gasteiger partial charge in [0.1, 0.15) is 6.10 Å². The Morgan fingerprint density at radius 2 is 1.50 bits per heavy atom. The van der Waals surface area contributed by atoms with Crippen molar-refractivity contribution in [3.05, 3.63) is 60.2 Å². The zero-order valence-electron chi connectivity index (χ0n) is 30.9. The fourth-order valence-corrected chi connectivity index (χ4v) is 8.47. The number of ether oxygens (including phenoxy) is 1. The molecule has 2 N–H and O–H groups in total. The highest BCUT2D eigenvalue weighted by Gasteiger charge is 2.45. The van der Waals surface area contributed by atoms with Crippen LogP contribution in [0, 0.1) is 17.8 Å². The van der Waals surface area contributed by atoms with E-state index in [1.54, 1.807) is 0 Å². The lowest BCUT2D eigenvalue weighted by molar-refractivity contribution is -0.137. The Kier molecular flexibility index (Phi) is 15.9. The van der Waals surface area contributed by atoms with Gasteiger partial charge >= 0.3 is 11.9 Å². The van der Waals surface area contributed by atoms with Gasteiger partial charge in [0.25, 0.3) is 0 Å².